The quantitative estimate of drug-likeness (QED) is 0.708. The van der Waals surface area contributed by atoms with Crippen molar-refractivity contribution in [3.05, 3.63) is 41.0 Å². The third kappa shape index (κ3) is 1.70. The van der Waals surface area contributed by atoms with Crippen molar-refractivity contribution in [2.24, 2.45) is 0 Å². The second-order valence-electron chi connectivity index (χ2n) is 3.53. The molecule has 0 bridgehead atoms. The fourth-order valence-corrected chi connectivity index (χ4v) is 1.77. The van der Waals surface area contributed by atoms with Gasteiger partial charge in [-0.05, 0) is 36.6 Å². The summed E-state index contributed by atoms with van der Waals surface area (Å²) in [6.07, 6.45) is 2.64. The van der Waals surface area contributed by atoms with Crippen molar-refractivity contribution in [3.63, 3.8) is 0 Å². The first-order chi connectivity index (χ1) is 7.76. The number of rotatable bonds is 2. The molecular weight excluding hydrogens is 202 g/mol. The van der Waals surface area contributed by atoms with Gasteiger partial charge in [0.25, 0.3) is 0 Å². The van der Waals surface area contributed by atoms with Crippen LogP contribution in [0.25, 0.3) is 5.57 Å². The van der Waals surface area contributed by atoms with Crippen molar-refractivity contribution in [2.45, 2.75) is 13.3 Å². The summed E-state index contributed by atoms with van der Waals surface area (Å²) in [5.41, 5.74) is 3.09. The zero-order chi connectivity index (χ0) is 11.5. The number of carbonyl (C=O) groups is 1. The lowest BCUT2D eigenvalue weighted by Gasteiger charge is -2.04. The molecule has 80 valence electrons. The summed E-state index contributed by atoms with van der Waals surface area (Å²) in [5.74, 6) is -0.338. The first-order valence-electron chi connectivity index (χ1n) is 5.17. The van der Waals surface area contributed by atoms with E-state index in [0.29, 0.717) is 17.7 Å². The summed E-state index contributed by atoms with van der Waals surface area (Å²) in [7, 11) is 0. The average Bonchev–Trinajstić information content (AvgIpc) is 2.71. The highest BCUT2D eigenvalue weighted by molar-refractivity contribution is 5.92. The van der Waals surface area contributed by atoms with Gasteiger partial charge in [-0.1, -0.05) is 12.1 Å². The number of fused-ring (bicyclic) bond motifs is 1. The highest BCUT2D eigenvalue weighted by Gasteiger charge is 2.16. The maximum absolute atomic E-state index is 11.5. The summed E-state index contributed by atoms with van der Waals surface area (Å²) < 4.78 is 4.92. The molecule has 0 fully saturated rings. The molecule has 1 aromatic carbocycles. The topological polar surface area (TPSA) is 50.1 Å². The highest BCUT2D eigenvalue weighted by Crippen LogP contribution is 2.27. The van der Waals surface area contributed by atoms with Crippen LogP contribution in [-0.4, -0.2) is 12.6 Å². The van der Waals surface area contributed by atoms with Crippen LogP contribution in [0.3, 0.4) is 0 Å². The van der Waals surface area contributed by atoms with Gasteiger partial charge in [0.1, 0.15) is 0 Å². The van der Waals surface area contributed by atoms with Crippen LogP contribution in [-0.2, 0) is 11.2 Å². The Morgan fingerprint density at radius 1 is 1.56 bits per heavy atom. The summed E-state index contributed by atoms with van der Waals surface area (Å²) >= 11 is 0. The maximum atomic E-state index is 11.5. The van der Waals surface area contributed by atoms with Crippen LogP contribution in [0.5, 0.6) is 0 Å². The third-order valence-electron chi connectivity index (χ3n) is 2.56. The Morgan fingerprint density at radius 2 is 2.38 bits per heavy atom. The fourth-order valence-electron chi connectivity index (χ4n) is 1.77. The van der Waals surface area contributed by atoms with Gasteiger partial charge in [0.05, 0.1) is 23.8 Å². The van der Waals surface area contributed by atoms with E-state index in [1.807, 2.05) is 12.1 Å². The molecule has 3 nitrogen and oxygen atoms in total. The van der Waals surface area contributed by atoms with E-state index in [-0.39, 0.29) is 5.97 Å². The lowest BCUT2D eigenvalue weighted by Crippen LogP contribution is -2.05. The summed E-state index contributed by atoms with van der Waals surface area (Å²) in [6, 6.07) is 7.48. The molecule has 16 heavy (non-hydrogen) atoms. The summed E-state index contributed by atoms with van der Waals surface area (Å²) in [4.78, 5) is 11.5. The molecule has 0 amide bonds. The molecule has 0 aromatic heterocycles. The fraction of sp³-hybridized carbons (Fsp3) is 0.231. The molecule has 0 atom stereocenters. The molecule has 2 rings (SSSR count). The van der Waals surface area contributed by atoms with Gasteiger partial charge in [0, 0.05) is 0 Å². The molecule has 1 aliphatic carbocycles. The predicted molar refractivity (Wildman–Crippen MR) is 59.7 cm³/mol. The minimum Gasteiger partial charge on any atom is -0.462 e. The Balaban J connectivity index is 2.36. The Morgan fingerprint density at radius 3 is 3.06 bits per heavy atom. The molecule has 0 heterocycles. The lowest BCUT2D eigenvalue weighted by molar-refractivity contribution is 0.0526. The molecule has 0 spiro atoms. The number of allylic oxidation sites excluding steroid dienone is 2. The van der Waals surface area contributed by atoms with Gasteiger partial charge in [-0.3, -0.25) is 0 Å². The minimum atomic E-state index is -0.338. The molecule has 0 unspecified atom stereocenters. The van der Waals surface area contributed by atoms with Crippen LogP contribution in [0.15, 0.2) is 24.3 Å². The number of ether oxygens (including phenoxy) is 1. The number of carbonyl (C=O) groups excluding carboxylic acids is 1. The van der Waals surface area contributed by atoms with Crippen molar-refractivity contribution in [1.82, 2.24) is 0 Å². The molecule has 1 aliphatic rings. The molecule has 0 saturated heterocycles. The van der Waals surface area contributed by atoms with E-state index in [0.717, 1.165) is 17.5 Å². The SMILES string of the molecule is CCOC(=O)c1ccc2c(c1)C(C#N)=CC2. The number of nitriles is 1. The Labute approximate surface area is 94.0 Å². The van der Waals surface area contributed by atoms with Gasteiger partial charge in [0.2, 0.25) is 0 Å². The summed E-state index contributed by atoms with van der Waals surface area (Å²) in [6.45, 7) is 2.13. The normalized spacial score (nSPS) is 12.6. The van der Waals surface area contributed by atoms with E-state index in [2.05, 4.69) is 6.07 Å². The van der Waals surface area contributed by atoms with Crippen LogP contribution in [0.1, 0.15) is 28.4 Å². The number of esters is 1. The van der Waals surface area contributed by atoms with Crippen molar-refractivity contribution in [3.8, 4) is 6.07 Å². The number of hydrogen-bond donors (Lipinski definition) is 0. The zero-order valence-corrected chi connectivity index (χ0v) is 8.99. The van der Waals surface area contributed by atoms with E-state index in [9.17, 15) is 4.79 Å². The van der Waals surface area contributed by atoms with Crippen LogP contribution >= 0.6 is 0 Å². The first-order valence-corrected chi connectivity index (χ1v) is 5.17. The smallest absolute Gasteiger partial charge is 0.338 e. The van der Waals surface area contributed by atoms with E-state index in [1.54, 1.807) is 19.1 Å². The maximum Gasteiger partial charge on any atom is 0.338 e. The Hall–Kier alpha value is -2.08. The van der Waals surface area contributed by atoms with Gasteiger partial charge in [-0.2, -0.15) is 5.26 Å². The molecule has 0 aliphatic heterocycles. The van der Waals surface area contributed by atoms with Crippen LogP contribution in [0.4, 0.5) is 0 Å². The van der Waals surface area contributed by atoms with Crippen molar-refractivity contribution in [1.29, 1.82) is 5.26 Å². The average molecular weight is 213 g/mol. The van der Waals surface area contributed by atoms with Crippen LogP contribution in [0.2, 0.25) is 0 Å². The monoisotopic (exact) mass is 213 g/mol. The molecular formula is C13H11NO2. The summed E-state index contributed by atoms with van der Waals surface area (Å²) in [5, 5.41) is 8.91. The minimum absolute atomic E-state index is 0.338. The second-order valence-corrected chi connectivity index (χ2v) is 3.53. The number of benzene rings is 1. The van der Waals surface area contributed by atoms with E-state index >= 15 is 0 Å². The van der Waals surface area contributed by atoms with Gasteiger partial charge in [0.15, 0.2) is 0 Å². The van der Waals surface area contributed by atoms with Gasteiger partial charge in [-0.15, -0.1) is 0 Å². The lowest BCUT2D eigenvalue weighted by atomic mass is 10.0. The van der Waals surface area contributed by atoms with Gasteiger partial charge in [-0.25, -0.2) is 4.79 Å². The van der Waals surface area contributed by atoms with Crippen molar-refractivity contribution in [2.75, 3.05) is 6.61 Å². The van der Waals surface area contributed by atoms with Crippen LogP contribution < -0.4 is 0 Å². The highest BCUT2D eigenvalue weighted by atomic mass is 16.5. The predicted octanol–water partition coefficient (Wildman–Crippen LogP) is 2.33. The Kier molecular flexibility index (Phi) is 2.74. The largest absolute Gasteiger partial charge is 0.462 e. The molecule has 1 aromatic rings. The van der Waals surface area contributed by atoms with Crippen molar-refractivity contribution >= 4 is 11.5 Å². The third-order valence-corrected chi connectivity index (χ3v) is 2.56. The Bertz CT molecular complexity index is 509. The van der Waals surface area contributed by atoms with Gasteiger partial charge >= 0.3 is 5.97 Å². The van der Waals surface area contributed by atoms with Gasteiger partial charge < -0.3 is 4.74 Å². The first kappa shape index (κ1) is 10.4. The van der Waals surface area contributed by atoms with E-state index in [1.165, 1.54) is 0 Å². The van der Waals surface area contributed by atoms with Crippen LogP contribution in [0, 0.1) is 11.3 Å². The van der Waals surface area contributed by atoms with E-state index in [4.69, 9.17) is 10.00 Å². The number of hydrogen-bond acceptors (Lipinski definition) is 3. The van der Waals surface area contributed by atoms with Crippen molar-refractivity contribution < 1.29 is 9.53 Å². The molecule has 3 heteroatoms. The zero-order valence-electron chi connectivity index (χ0n) is 8.99. The number of nitrogens with zero attached hydrogens (tertiary/aromatic N) is 1. The van der Waals surface area contributed by atoms with E-state index < -0.39 is 0 Å². The molecule has 0 radical (unpaired) electrons. The molecule has 0 N–H and O–H groups in total. The standard InChI is InChI=1S/C13H11NO2/c1-2-16-13(15)10-5-3-9-4-6-11(8-14)12(9)7-10/h3,5-7H,2,4H2,1H3. The molecule has 0 saturated carbocycles. The second kappa shape index (κ2) is 4.19.